The highest BCUT2D eigenvalue weighted by atomic mass is 35.5. The highest BCUT2D eigenvalue weighted by Gasteiger charge is 2.33. The molecule has 0 unspecified atom stereocenters. The molecule has 0 saturated heterocycles. The van der Waals surface area contributed by atoms with Crippen molar-refractivity contribution in [1.29, 1.82) is 0 Å². The number of nitrogens with two attached hydrogens (primary N) is 1. The fraction of sp³-hybridized carbons (Fsp3) is 0.158. The highest BCUT2D eigenvalue weighted by Crippen LogP contribution is 2.39. The van der Waals surface area contributed by atoms with Gasteiger partial charge in [-0.3, -0.25) is 4.79 Å². The average molecular weight is 473 g/mol. The maximum absolute atomic E-state index is 13.0. The molecule has 0 atom stereocenters. The minimum atomic E-state index is -4.68. The topological polar surface area (TPSA) is 107 Å². The summed E-state index contributed by atoms with van der Waals surface area (Å²) in [6, 6.07) is 8.91. The summed E-state index contributed by atoms with van der Waals surface area (Å²) in [6.07, 6.45) is -3.67. The van der Waals surface area contributed by atoms with Crippen LogP contribution in [-0.2, 0) is 27.4 Å². The van der Waals surface area contributed by atoms with E-state index in [0.717, 1.165) is 4.68 Å². The van der Waals surface area contributed by atoms with Crippen molar-refractivity contribution in [3.63, 3.8) is 0 Å². The first kappa shape index (κ1) is 22.8. The van der Waals surface area contributed by atoms with Crippen LogP contribution in [0.1, 0.15) is 11.1 Å². The van der Waals surface area contributed by atoms with Crippen LogP contribution in [0.3, 0.4) is 0 Å². The molecule has 0 saturated carbocycles. The van der Waals surface area contributed by atoms with Gasteiger partial charge < -0.3 is 5.32 Å². The van der Waals surface area contributed by atoms with Gasteiger partial charge in [-0.25, -0.2) is 18.2 Å². The molecule has 0 bridgehead atoms. The van der Waals surface area contributed by atoms with E-state index in [1.807, 2.05) is 0 Å². The van der Waals surface area contributed by atoms with Gasteiger partial charge in [0.1, 0.15) is 4.90 Å². The van der Waals surface area contributed by atoms with Crippen LogP contribution in [0.5, 0.6) is 0 Å². The van der Waals surface area contributed by atoms with Gasteiger partial charge in [-0.05, 0) is 17.7 Å². The average Bonchev–Trinajstić information content (AvgIpc) is 3.18. The van der Waals surface area contributed by atoms with E-state index in [0.29, 0.717) is 12.4 Å². The Morgan fingerprint density at radius 2 is 1.90 bits per heavy atom. The predicted octanol–water partition coefficient (Wildman–Crippen LogP) is 3.15. The molecule has 0 aliphatic carbocycles. The Bertz CT molecular complexity index is 1260. The number of nitrogens with one attached hydrogen (secondary N) is 1. The van der Waals surface area contributed by atoms with Crippen LogP contribution in [0.25, 0.3) is 16.8 Å². The maximum Gasteiger partial charge on any atom is 0.419 e. The zero-order valence-corrected chi connectivity index (χ0v) is 17.5. The lowest BCUT2D eigenvalue weighted by Gasteiger charge is -2.18. The van der Waals surface area contributed by atoms with Gasteiger partial charge in [-0.15, -0.1) is 0 Å². The molecule has 2 aromatic carbocycles. The first-order valence-electron chi connectivity index (χ1n) is 8.70. The molecule has 12 heteroatoms. The second-order valence-electron chi connectivity index (χ2n) is 6.49. The number of alkyl halides is 3. The fourth-order valence-corrected chi connectivity index (χ4v) is 4.26. The molecule has 7 nitrogen and oxygen atoms in total. The number of hydrogen-bond acceptors (Lipinski definition) is 4. The molecular weight excluding hydrogens is 457 g/mol. The predicted molar refractivity (Wildman–Crippen MR) is 108 cm³/mol. The lowest BCUT2D eigenvalue weighted by molar-refractivity contribution is -0.137. The highest BCUT2D eigenvalue weighted by molar-refractivity contribution is 7.89. The van der Waals surface area contributed by atoms with Crippen molar-refractivity contribution in [1.82, 2.24) is 15.1 Å². The van der Waals surface area contributed by atoms with Crippen LogP contribution in [0.4, 0.5) is 13.2 Å². The van der Waals surface area contributed by atoms with E-state index in [-0.39, 0.29) is 33.8 Å². The van der Waals surface area contributed by atoms with Crippen molar-refractivity contribution in [3.05, 3.63) is 64.9 Å². The van der Waals surface area contributed by atoms with Crippen molar-refractivity contribution < 1.29 is 26.4 Å². The second-order valence-corrected chi connectivity index (χ2v) is 8.40. The molecule has 0 aliphatic rings. The molecule has 0 fully saturated rings. The van der Waals surface area contributed by atoms with Crippen molar-refractivity contribution in [2.45, 2.75) is 17.5 Å². The molecule has 1 heterocycles. The standard InChI is InChI=1S/C19H16ClF3N4O3S/c1-25-16(28)8-11-6-7-15(27-10-12(9-26-27)19(21,22)23)18(31(24,29)30)17(11)13-4-2-3-5-14(13)20/h2-7,9-10H,8H2,1H3,(H,25,28)(H2,24,29,30). The Hall–Kier alpha value is -2.89. The van der Waals surface area contributed by atoms with Gasteiger partial charge in [0.25, 0.3) is 0 Å². The van der Waals surface area contributed by atoms with E-state index in [1.54, 1.807) is 12.1 Å². The third kappa shape index (κ3) is 4.73. The van der Waals surface area contributed by atoms with Crippen LogP contribution in [0.2, 0.25) is 5.02 Å². The van der Waals surface area contributed by atoms with Gasteiger partial charge in [-0.1, -0.05) is 35.9 Å². The molecule has 164 valence electrons. The smallest absolute Gasteiger partial charge is 0.359 e. The summed E-state index contributed by atoms with van der Waals surface area (Å²) >= 11 is 6.28. The number of nitrogens with zero attached hydrogens (tertiary/aromatic N) is 2. The van der Waals surface area contributed by atoms with Crippen molar-refractivity contribution in [2.75, 3.05) is 7.05 Å². The van der Waals surface area contributed by atoms with Crippen LogP contribution < -0.4 is 10.5 Å². The zero-order valence-electron chi connectivity index (χ0n) is 15.9. The Morgan fingerprint density at radius 1 is 1.23 bits per heavy atom. The zero-order chi connectivity index (χ0) is 23.0. The number of amides is 1. The summed E-state index contributed by atoms with van der Waals surface area (Å²) in [6.45, 7) is 0. The number of aromatic nitrogens is 2. The molecule has 3 aromatic rings. The SMILES string of the molecule is CNC(=O)Cc1ccc(-n2cc(C(F)(F)F)cn2)c(S(N)(=O)=O)c1-c1ccccc1Cl. The minimum absolute atomic E-state index is 0.0123. The molecule has 31 heavy (non-hydrogen) atoms. The van der Waals surface area contributed by atoms with Gasteiger partial charge in [0.15, 0.2) is 0 Å². The van der Waals surface area contributed by atoms with Crippen molar-refractivity contribution in [2.24, 2.45) is 5.14 Å². The van der Waals surface area contributed by atoms with Crippen molar-refractivity contribution in [3.8, 4) is 16.8 Å². The summed E-state index contributed by atoms with van der Waals surface area (Å²) in [5.74, 6) is -0.417. The van der Waals surface area contributed by atoms with Gasteiger partial charge in [-0.2, -0.15) is 18.3 Å². The van der Waals surface area contributed by atoms with Crippen LogP contribution >= 0.6 is 11.6 Å². The Kier molecular flexibility index (Phi) is 6.12. The number of rotatable bonds is 5. The number of benzene rings is 2. The molecule has 0 spiro atoms. The summed E-state index contributed by atoms with van der Waals surface area (Å²) in [5.41, 5.74) is -0.756. The molecule has 0 radical (unpaired) electrons. The number of carbonyl (C=O) groups is 1. The van der Waals surface area contributed by atoms with Gasteiger partial charge in [0, 0.05) is 29.4 Å². The van der Waals surface area contributed by atoms with E-state index < -0.39 is 32.6 Å². The number of hydrogen-bond donors (Lipinski definition) is 2. The Morgan fingerprint density at radius 3 is 2.45 bits per heavy atom. The molecular formula is C19H16ClF3N4O3S. The van der Waals surface area contributed by atoms with E-state index in [2.05, 4.69) is 10.4 Å². The van der Waals surface area contributed by atoms with Gasteiger partial charge in [0.2, 0.25) is 15.9 Å². The first-order chi connectivity index (χ1) is 14.4. The van der Waals surface area contributed by atoms with Gasteiger partial charge >= 0.3 is 6.18 Å². The van der Waals surface area contributed by atoms with E-state index in [1.165, 1.54) is 31.3 Å². The number of carbonyl (C=O) groups excluding carboxylic acids is 1. The van der Waals surface area contributed by atoms with E-state index >= 15 is 0 Å². The van der Waals surface area contributed by atoms with Gasteiger partial charge in [0.05, 0.1) is 23.9 Å². The molecule has 3 N–H and O–H groups in total. The summed E-state index contributed by atoms with van der Waals surface area (Å²) in [4.78, 5) is 11.5. The summed E-state index contributed by atoms with van der Waals surface area (Å²) in [7, 11) is -3.09. The second kappa shape index (κ2) is 8.33. The first-order valence-corrected chi connectivity index (χ1v) is 10.6. The number of primary sulfonamides is 1. The molecule has 0 aliphatic heterocycles. The molecule has 1 aromatic heterocycles. The normalized spacial score (nSPS) is 12.1. The van der Waals surface area contributed by atoms with E-state index in [4.69, 9.17) is 16.7 Å². The third-order valence-corrected chi connectivity index (χ3v) is 5.75. The molecule has 1 amide bonds. The Balaban J connectivity index is 2.39. The maximum atomic E-state index is 13.0. The Labute approximate surface area is 180 Å². The number of likely N-dealkylation sites (N-methyl/N-ethyl adjacent to an activating group) is 1. The number of sulfonamides is 1. The largest absolute Gasteiger partial charge is 0.419 e. The summed E-state index contributed by atoms with van der Waals surface area (Å²) < 4.78 is 65.1. The van der Waals surface area contributed by atoms with Crippen LogP contribution in [-0.4, -0.2) is 31.2 Å². The fourth-order valence-electron chi connectivity index (χ4n) is 3.05. The molecule has 3 rings (SSSR count). The minimum Gasteiger partial charge on any atom is -0.359 e. The van der Waals surface area contributed by atoms with Crippen molar-refractivity contribution >= 4 is 27.5 Å². The monoisotopic (exact) mass is 472 g/mol. The quantitative estimate of drug-likeness (QED) is 0.594. The van der Waals surface area contributed by atoms with E-state index in [9.17, 15) is 26.4 Å². The van der Waals surface area contributed by atoms with Crippen LogP contribution in [0, 0.1) is 0 Å². The lowest BCUT2D eigenvalue weighted by atomic mass is 9.96. The summed E-state index contributed by atoms with van der Waals surface area (Å²) in [5, 5.41) is 11.7. The lowest BCUT2D eigenvalue weighted by Crippen LogP contribution is -2.22. The third-order valence-electron chi connectivity index (χ3n) is 4.44. The number of halogens is 4. The van der Waals surface area contributed by atoms with Crippen LogP contribution in [0.15, 0.2) is 53.7 Å².